The first-order chi connectivity index (χ1) is 17.3. The summed E-state index contributed by atoms with van der Waals surface area (Å²) in [5, 5.41) is 3.09. The summed E-state index contributed by atoms with van der Waals surface area (Å²) in [4.78, 5) is 38.6. The predicted octanol–water partition coefficient (Wildman–Crippen LogP) is 2.62. The summed E-state index contributed by atoms with van der Waals surface area (Å²) in [5.74, 6) is -1.83. The molecule has 0 unspecified atom stereocenters. The highest BCUT2D eigenvalue weighted by atomic mass is 32.2. The summed E-state index contributed by atoms with van der Waals surface area (Å²) in [7, 11) is -3.68. The number of anilines is 1. The van der Waals surface area contributed by atoms with E-state index in [0.717, 1.165) is 36.1 Å². The molecule has 194 valence electrons. The fourth-order valence-corrected chi connectivity index (χ4v) is 6.85. The van der Waals surface area contributed by atoms with Gasteiger partial charge in [0.1, 0.15) is 5.00 Å². The minimum absolute atomic E-state index is 0.0619. The van der Waals surface area contributed by atoms with Crippen molar-refractivity contribution in [2.45, 2.75) is 37.5 Å². The Morgan fingerprint density at radius 3 is 2.42 bits per heavy atom. The average molecular weight is 537 g/mol. The smallest absolute Gasteiger partial charge is 0.341 e. The normalized spacial score (nSPS) is 16.1. The summed E-state index contributed by atoms with van der Waals surface area (Å²) < 4.78 is 42.3. The lowest BCUT2D eigenvalue weighted by Crippen LogP contribution is -2.40. The quantitative estimate of drug-likeness (QED) is 0.510. The molecule has 1 N–H and O–H groups in total. The summed E-state index contributed by atoms with van der Waals surface area (Å²) in [6.07, 6.45) is 3.58. The molecule has 1 amide bonds. The lowest BCUT2D eigenvalue weighted by Gasteiger charge is -2.26. The van der Waals surface area contributed by atoms with E-state index in [0.29, 0.717) is 23.8 Å². The second-order valence-electron chi connectivity index (χ2n) is 8.30. The number of nitrogens with zero attached hydrogens (tertiary/aromatic N) is 1. The van der Waals surface area contributed by atoms with Crippen LogP contribution in [0.25, 0.3) is 0 Å². The van der Waals surface area contributed by atoms with E-state index in [2.05, 4.69) is 5.32 Å². The van der Waals surface area contributed by atoms with E-state index in [1.54, 1.807) is 6.92 Å². The van der Waals surface area contributed by atoms with Crippen LogP contribution in [0.2, 0.25) is 0 Å². The van der Waals surface area contributed by atoms with Gasteiger partial charge in [-0.25, -0.2) is 18.0 Å². The number of hydrogen-bond donors (Lipinski definition) is 1. The van der Waals surface area contributed by atoms with Crippen molar-refractivity contribution in [3.05, 3.63) is 45.8 Å². The maximum Gasteiger partial charge on any atom is 0.341 e. The van der Waals surface area contributed by atoms with E-state index in [-0.39, 0.29) is 30.2 Å². The first-order valence-corrected chi connectivity index (χ1v) is 14.0. The standard InChI is InChI=1S/C24H28N2O8S2/c1-2-33-24(29)21-18-5-3-4-6-19(18)35-22(21)25-20(27)15-34-23(28)16-7-9-17(10-8-16)36(30,31)26-11-13-32-14-12-26/h7-10H,2-6,11-15H2,1H3,(H,25,27). The van der Waals surface area contributed by atoms with Gasteiger partial charge in [-0.2, -0.15) is 4.31 Å². The third-order valence-electron chi connectivity index (χ3n) is 5.94. The van der Waals surface area contributed by atoms with Crippen molar-refractivity contribution >= 4 is 44.2 Å². The molecule has 1 saturated heterocycles. The van der Waals surface area contributed by atoms with Crippen molar-refractivity contribution in [2.75, 3.05) is 44.8 Å². The molecule has 10 nitrogen and oxygen atoms in total. The summed E-state index contributed by atoms with van der Waals surface area (Å²) in [6.45, 7) is 2.60. The number of hydrogen-bond acceptors (Lipinski definition) is 9. The van der Waals surface area contributed by atoms with Crippen molar-refractivity contribution in [2.24, 2.45) is 0 Å². The number of sulfonamides is 1. The number of carbonyl (C=O) groups is 3. The summed E-state index contributed by atoms with van der Waals surface area (Å²) in [6, 6.07) is 5.37. The van der Waals surface area contributed by atoms with E-state index >= 15 is 0 Å². The fourth-order valence-electron chi connectivity index (χ4n) is 4.15. The molecule has 1 aromatic heterocycles. The second kappa shape index (κ2) is 11.5. The van der Waals surface area contributed by atoms with Gasteiger partial charge in [-0.3, -0.25) is 4.79 Å². The zero-order chi connectivity index (χ0) is 25.7. The molecular weight excluding hydrogens is 508 g/mol. The van der Waals surface area contributed by atoms with Crippen LogP contribution in [0.1, 0.15) is 50.9 Å². The van der Waals surface area contributed by atoms with Crippen molar-refractivity contribution in [3.63, 3.8) is 0 Å². The maximum atomic E-state index is 12.7. The Labute approximate surface area is 213 Å². The van der Waals surface area contributed by atoms with Gasteiger partial charge in [0, 0.05) is 18.0 Å². The van der Waals surface area contributed by atoms with E-state index in [9.17, 15) is 22.8 Å². The second-order valence-corrected chi connectivity index (χ2v) is 11.3. The molecular formula is C24H28N2O8S2. The number of esters is 2. The van der Waals surface area contributed by atoms with Crippen LogP contribution >= 0.6 is 11.3 Å². The average Bonchev–Trinajstić information content (AvgIpc) is 3.25. The van der Waals surface area contributed by atoms with Gasteiger partial charge < -0.3 is 19.5 Å². The first-order valence-electron chi connectivity index (χ1n) is 11.8. The topological polar surface area (TPSA) is 128 Å². The number of amides is 1. The molecule has 2 aliphatic rings. The number of fused-ring (bicyclic) bond motifs is 1. The van der Waals surface area contributed by atoms with Crippen LogP contribution in [0.4, 0.5) is 5.00 Å². The summed E-state index contributed by atoms with van der Waals surface area (Å²) in [5.41, 5.74) is 1.42. The zero-order valence-corrected chi connectivity index (χ0v) is 21.5. The molecule has 4 rings (SSSR count). The Hall–Kier alpha value is -2.80. The number of rotatable bonds is 8. The van der Waals surface area contributed by atoms with Crippen LogP contribution < -0.4 is 5.32 Å². The van der Waals surface area contributed by atoms with Gasteiger partial charge in [-0.15, -0.1) is 11.3 Å². The number of aryl methyl sites for hydroxylation is 1. The van der Waals surface area contributed by atoms with Crippen molar-refractivity contribution in [1.82, 2.24) is 4.31 Å². The van der Waals surface area contributed by atoms with Crippen molar-refractivity contribution < 1.29 is 37.0 Å². The van der Waals surface area contributed by atoms with Gasteiger partial charge in [0.05, 0.1) is 35.8 Å². The molecule has 1 fully saturated rings. The molecule has 0 radical (unpaired) electrons. The van der Waals surface area contributed by atoms with E-state index < -0.39 is 34.5 Å². The molecule has 0 atom stereocenters. The molecule has 36 heavy (non-hydrogen) atoms. The number of ether oxygens (including phenoxy) is 3. The monoisotopic (exact) mass is 536 g/mol. The van der Waals surface area contributed by atoms with Gasteiger partial charge in [-0.05, 0) is 62.4 Å². The minimum atomic E-state index is -3.68. The van der Waals surface area contributed by atoms with Crippen molar-refractivity contribution in [3.8, 4) is 0 Å². The molecule has 0 spiro atoms. The number of thiophene rings is 1. The lowest BCUT2D eigenvalue weighted by molar-refractivity contribution is -0.119. The van der Waals surface area contributed by atoms with E-state index in [4.69, 9.17) is 14.2 Å². The molecule has 1 aromatic carbocycles. The Balaban J connectivity index is 1.37. The highest BCUT2D eigenvalue weighted by Crippen LogP contribution is 2.38. The Kier molecular flexibility index (Phi) is 8.39. The maximum absolute atomic E-state index is 12.7. The first kappa shape index (κ1) is 26.3. The summed E-state index contributed by atoms with van der Waals surface area (Å²) >= 11 is 1.35. The number of carbonyl (C=O) groups excluding carboxylic acids is 3. The predicted molar refractivity (Wildman–Crippen MR) is 132 cm³/mol. The third-order valence-corrected chi connectivity index (χ3v) is 9.06. The van der Waals surface area contributed by atoms with Crippen LogP contribution in [-0.4, -0.2) is 70.1 Å². The Morgan fingerprint density at radius 1 is 1.03 bits per heavy atom. The van der Waals surface area contributed by atoms with Crippen LogP contribution in [0, 0.1) is 0 Å². The Bertz CT molecular complexity index is 1230. The van der Waals surface area contributed by atoms with Gasteiger partial charge in [0.2, 0.25) is 10.0 Å². The number of morpholine rings is 1. The highest BCUT2D eigenvalue weighted by Gasteiger charge is 2.28. The highest BCUT2D eigenvalue weighted by molar-refractivity contribution is 7.89. The van der Waals surface area contributed by atoms with E-state index in [1.165, 1.54) is 39.9 Å². The zero-order valence-electron chi connectivity index (χ0n) is 19.9. The van der Waals surface area contributed by atoms with Crippen molar-refractivity contribution in [1.29, 1.82) is 0 Å². The van der Waals surface area contributed by atoms with Gasteiger partial charge in [0.15, 0.2) is 6.61 Å². The van der Waals surface area contributed by atoms with Gasteiger partial charge >= 0.3 is 11.9 Å². The minimum Gasteiger partial charge on any atom is -0.462 e. The molecule has 1 aliphatic carbocycles. The van der Waals surface area contributed by atoms with Crippen LogP contribution in [-0.2, 0) is 41.9 Å². The molecule has 2 aromatic rings. The van der Waals surface area contributed by atoms with E-state index in [1.807, 2.05) is 0 Å². The van der Waals surface area contributed by atoms with Crippen LogP contribution in [0.3, 0.4) is 0 Å². The molecule has 2 heterocycles. The number of nitrogens with one attached hydrogen (secondary N) is 1. The molecule has 12 heteroatoms. The molecule has 1 aliphatic heterocycles. The largest absolute Gasteiger partial charge is 0.462 e. The van der Waals surface area contributed by atoms with Gasteiger partial charge in [0.25, 0.3) is 5.91 Å². The SMILES string of the molecule is CCOC(=O)c1c(NC(=O)COC(=O)c2ccc(S(=O)(=O)N3CCOCC3)cc2)sc2c1CCCC2. The van der Waals surface area contributed by atoms with Crippen LogP contribution in [0.15, 0.2) is 29.2 Å². The molecule has 0 saturated carbocycles. The van der Waals surface area contributed by atoms with Crippen LogP contribution in [0.5, 0.6) is 0 Å². The fraction of sp³-hybridized carbons (Fsp3) is 0.458. The Morgan fingerprint density at radius 2 is 1.72 bits per heavy atom. The van der Waals surface area contributed by atoms with Gasteiger partial charge in [-0.1, -0.05) is 0 Å². The number of benzene rings is 1. The lowest BCUT2D eigenvalue weighted by atomic mass is 9.95. The third kappa shape index (κ3) is 5.77. The molecule has 0 bridgehead atoms.